The monoisotopic (exact) mass is 613 g/mol. The van der Waals surface area contributed by atoms with Gasteiger partial charge in [0, 0.05) is 25.1 Å². The minimum atomic E-state index is -4.18. The number of rotatable bonds is 13. The molecule has 1 atom stereocenters. The van der Waals surface area contributed by atoms with Gasteiger partial charge in [0.1, 0.15) is 18.3 Å². The van der Waals surface area contributed by atoms with Gasteiger partial charge in [-0.1, -0.05) is 84.4 Å². The highest BCUT2D eigenvalue weighted by Gasteiger charge is 2.35. The molecule has 4 rings (SSSR count). The van der Waals surface area contributed by atoms with Crippen molar-refractivity contribution in [3.05, 3.63) is 126 Å². The molecule has 0 heterocycles. The Labute approximate surface area is 260 Å². The van der Waals surface area contributed by atoms with Gasteiger partial charge >= 0.3 is 0 Å². The molecule has 0 aliphatic carbocycles. The zero-order valence-corrected chi connectivity index (χ0v) is 26.3. The van der Waals surface area contributed by atoms with Gasteiger partial charge in [-0.3, -0.25) is 13.9 Å². The molecule has 0 saturated carbocycles. The van der Waals surface area contributed by atoms with E-state index in [1.165, 1.54) is 24.1 Å². The maximum absolute atomic E-state index is 14.5. The fourth-order valence-corrected chi connectivity index (χ4v) is 6.27. The highest BCUT2D eigenvalue weighted by molar-refractivity contribution is 7.92. The number of methoxy groups -OCH3 is 1. The smallest absolute Gasteiger partial charge is 0.264 e. The van der Waals surface area contributed by atoms with Gasteiger partial charge in [0.15, 0.2) is 0 Å². The van der Waals surface area contributed by atoms with Gasteiger partial charge in [-0.25, -0.2) is 8.42 Å². The topological polar surface area (TPSA) is 96.0 Å². The summed E-state index contributed by atoms with van der Waals surface area (Å²) < 4.78 is 34.6. The molecular formula is C35H39N3O5S. The molecule has 1 unspecified atom stereocenters. The van der Waals surface area contributed by atoms with E-state index < -0.39 is 28.5 Å². The molecule has 2 amide bonds. The number of ether oxygens (including phenoxy) is 1. The largest absolute Gasteiger partial charge is 0.497 e. The van der Waals surface area contributed by atoms with Crippen LogP contribution >= 0.6 is 0 Å². The van der Waals surface area contributed by atoms with Crippen LogP contribution in [0.15, 0.2) is 114 Å². The Morgan fingerprint density at radius 3 is 2.07 bits per heavy atom. The zero-order valence-electron chi connectivity index (χ0n) is 25.5. The van der Waals surface area contributed by atoms with E-state index in [4.69, 9.17) is 4.74 Å². The van der Waals surface area contributed by atoms with Crippen LogP contribution in [0.5, 0.6) is 5.75 Å². The Kier molecular flexibility index (Phi) is 10.8. The van der Waals surface area contributed by atoms with E-state index in [0.717, 1.165) is 21.0 Å². The molecule has 0 radical (unpaired) electrons. The van der Waals surface area contributed by atoms with Crippen molar-refractivity contribution in [3.8, 4) is 5.75 Å². The molecule has 1 N–H and O–H groups in total. The number of carbonyl (C=O) groups excluding carboxylic acids is 2. The van der Waals surface area contributed by atoms with Crippen molar-refractivity contribution in [1.82, 2.24) is 10.2 Å². The molecule has 0 aromatic heterocycles. The standard InChI is InChI=1S/C35H39N3O5S/c1-26(2)36-35(40)33(22-28-12-7-5-8-13-28)37(24-29-20-18-27(3)19-21-29)34(39)25-38(30-14-11-15-31(23-30)43-4)44(41,42)32-16-9-6-10-17-32/h5-21,23,26,33H,22,24-25H2,1-4H3,(H,36,40). The lowest BCUT2D eigenvalue weighted by atomic mass is 10.0. The highest BCUT2D eigenvalue weighted by atomic mass is 32.2. The summed E-state index contributed by atoms with van der Waals surface area (Å²) in [6.45, 7) is 5.28. The number of hydrogen-bond acceptors (Lipinski definition) is 5. The SMILES string of the molecule is COc1cccc(N(CC(=O)N(Cc2ccc(C)cc2)C(Cc2ccccc2)C(=O)NC(C)C)S(=O)(=O)c2ccccc2)c1. The van der Waals surface area contributed by atoms with Crippen LogP contribution in [0, 0.1) is 6.92 Å². The minimum Gasteiger partial charge on any atom is -0.497 e. The lowest BCUT2D eigenvalue weighted by molar-refractivity contribution is -0.140. The molecular weight excluding hydrogens is 574 g/mol. The lowest BCUT2D eigenvalue weighted by Gasteiger charge is -2.34. The van der Waals surface area contributed by atoms with Crippen LogP contribution in [0.25, 0.3) is 0 Å². The van der Waals surface area contributed by atoms with Crippen molar-refractivity contribution in [2.75, 3.05) is 18.0 Å². The molecule has 0 fully saturated rings. The molecule has 230 valence electrons. The molecule has 0 aliphatic rings. The third-order valence-corrected chi connectivity index (χ3v) is 8.92. The van der Waals surface area contributed by atoms with Crippen LogP contribution in [0.2, 0.25) is 0 Å². The number of anilines is 1. The molecule has 0 aliphatic heterocycles. The fourth-order valence-electron chi connectivity index (χ4n) is 4.84. The Morgan fingerprint density at radius 1 is 0.818 bits per heavy atom. The van der Waals surface area contributed by atoms with E-state index in [2.05, 4.69) is 5.32 Å². The van der Waals surface area contributed by atoms with E-state index >= 15 is 0 Å². The number of amides is 2. The van der Waals surface area contributed by atoms with Crippen molar-refractivity contribution >= 4 is 27.5 Å². The van der Waals surface area contributed by atoms with Gasteiger partial charge in [-0.05, 0) is 56.2 Å². The van der Waals surface area contributed by atoms with Crippen LogP contribution in [-0.4, -0.2) is 50.9 Å². The first kappa shape index (κ1) is 32.3. The molecule has 44 heavy (non-hydrogen) atoms. The van der Waals surface area contributed by atoms with Crippen molar-refractivity contribution in [2.24, 2.45) is 0 Å². The first-order valence-electron chi connectivity index (χ1n) is 14.5. The summed E-state index contributed by atoms with van der Waals surface area (Å²) >= 11 is 0. The van der Waals surface area contributed by atoms with Crippen LogP contribution in [0.1, 0.15) is 30.5 Å². The number of aryl methyl sites for hydroxylation is 1. The second-order valence-electron chi connectivity index (χ2n) is 10.9. The van der Waals surface area contributed by atoms with Crippen LogP contribution in [-0.2, 0) is 32.6 Å². The molecule has 9 heteroatoms. The number of nitrogens with zero attached hydrogens (tertiary/aromatic N) is 2. The first-order chi connectivity index (χ1) is 21.1. The Balaban J connectivity index is 1.81. The average Bonchev–Trinajstić information content (AvgIpc) is 3.02. The Bertz CT molecular complexity index is 1640. The number of carbonyl (C=O) groups is 2. The van der Waals surface area contributed by atoms with Gasteiger partial charge in [-0.2, -0.15) is 0 Å². The number of sulfonamides is 1. The summed E-state index contributed by atoms with van der Waals surface area (Å²) in [4.78, 5) is 29.7. The van der Waals surface area contributed by atoms with Gasteiger partial charge in [-0.15, -0.1) is 0 Å². The van der Waals surface area contributed by atoms with Gasteiger partial charge in [0.05, 0.1) is 17.7 Å². The quantitative estimate of drug-likeness (QED) is 0.219. The molecule has 8 nitrogen and oxygen atoms in total. The summed E-state index contributed by atoms with van der Waals surface area (Å²) in [6, 6.07) is 30.7. The number of nitrogens with one attached hydrogen (secondary N) is 1. The molecule has 0 spiro atoms. The van der Waals surface area contributed by atoms with E-state index in [1.807, 2.05) is 75.4 Å². The van der Waals surface area contributed by atoms with Crippen molar-refractivity contribution in [3.63, 3.8) is 0 Å². The third kappa shape index (κ3) is 8.26. The average molecular weight is 614 g/mol. The number of hydrogen-bond donors (Lipinski definition) is 1. The predicted octanol–water partition coefficient (Wildman–Crippen LogP) is 5.36. The van der Waals surface area contributed by atoms with Crippen molar-refractivity contribution in [2.45, 2.75) is 50.7 Å². The lowest BCUT2D eigenvalue weighted by Crippen LogP contribution is -2.54. The predicted molar refractivity (Wildman–Crippen MR) is 173 cm³/mol. The maximum atomic E-state index is 14.5. The first-order valence-corrected chi connectivity index (χ1v) is 15.9. The van der Waals surface area contributed by atoms with Crippen LogP contribution < -0.4 is 14.4 Å². The highest BCUT2D eigenvalue weighted by Crippen LogP contribution is 2.28. The van der Waals surface area contributed by atoms with E-state index in [9.17, 15) is 18.0 Å². The molecule has 0 bridgehead atoms. The van der Waals surface area contributed by atoms with Crippen molar-refractivity contribution < 1.29 is 22.7 Å². The fraction of sp³-hybridized carbons (Fsp3) is 0.257. The molecule has 4 aromatic rings. The normalized spacial score (nSPS) is 11.9. The minimum absolute atomic E-state index is 0.0408. The van der Waals surface area contributed by atoms with Gasteiger partial charge in [0.2, 0.25) is 11.8 Å². The summed E-state index contributed by atoms with van der Waals surface area (Å²) in [6.07, 6.45) is 0.252. The van der Waals surface area contributed by atoms with Gasteiger partial charge < -0.3 is 15.0 Å². The van der Waals surface area contributed by atoms with Crippen LogP contribution in [0.3, 0.4) is 0 Å². The Morgan fingerprint density at radius 2 is 1.45 bits per heavy atom. The maximum Gasteiger partial charge on any atom is 0.264 e. The summed E-state index contributed by atoms with van der Waals surface area (Å²) in [7, 11) is -2.69. The second-order valence-corrected chi connectivity index (χ2v) is 12.8. The second kappa shape index (κ2) is 14.7. The van der Waals surface area contributed by atoms with E-state index in [1.54, 1.807) is 42.5 Å². The summed E-state index contributed by atoms with van der Waals surface area (Å²) in [5, 5.41) is 2.97. The van der Waals surface area contributed by atoms with Crippen molar-refractivity contribution in [1.29, 1.82) is 0 Å². The third-order valence-electron chi connectivity index (χ3n) is 7.13. The van der Waals surface area contributed by atoms with E-state index in [0.29, 0.717) is 5.75 Å². The summed E-state index contributed by atoms with van der Waals surface area (Å²) in [5.41, 5.74) is 3.02. The van der Waals surface area contributed by atoms with Crippen LogP contribution in [0.4, 0.5) is 5.69 Å². The van der Waals surface area contributed by atoms with Gasteiger partial charge in [0.25, 0.3) is 10.0 Å². The van der Waals surface area contributed by atoms with E-state index in [-0.39, 0.29) is 35.5 Å². The Hall–Kier alpha value is -4.63. The zero-order chi connectivity index (χ0) is 31.7. The number of benzene rings is 4. The molecule has 4 aromatic carbocycles. The molecule has 0 saturated heterocycles. The summed E-state index contributed by atoms with van der Waals surface area (Å²) in [5.74, 6) is -0.395.